The largest absolute Gasteiger partial charge is 0.382 e. The molecule has 0 amide bonds. The number of aromatic nitrogens is 2. The molecule has 1 saturated heterocycles. The molecule has 0 spiro atoms. The van der Waals surface area contributed by atoms with Crippen molar-refractivity contribution in [3.8, 4) is 0 Å². The number of anilines is 1. The molecule has 2 atom stereocenters. The maximum Gasteiger partial charge on any atom is 0.174 e. The molecule has 0 aromatic carbocycles. The number of hydrogen-bond acceptors (Lipinski definition) is 4. The molecule has 2 heterocycles. The fourth-order valence-electron chi connectivity index (χ4n) is 2.10. The van der Waals surface area contributed by atoms with Crippen LogP contribution in [0.1, 0.15) is 19.8 Å². The second-order valence-corrected chi connectivity index (χ2v) is 4.86. The molecule has 0 aliphatic carbocycles. The van der Waals surface area contributed by atoms with E-state index in [-0.39, 0.29) is 0 Å². The molecular weight excluding hydrogens is 261 g/mol. The van der Waals surface area contributed by atoms with Crippen molar-refractivity contribution >= 4 is 28.9 Å². The van der Waals surface area contributed by atoms with Crippen molar-refractivity contribution in [2.24, 2.45) is 5.92 Å². The summed E-state index contributed by atoms with van der Waals surface area (Å²) in [6.45, 7) is 3.80. The van der Waals surface area contributed by atoms with Gasteiger partial charge in [-0.3, -0.25) is 0 Å². The monoisotopic (exact) mass is 275 g/mol. The quantitative estimate of drug-likeness (QED) is 0.918. The topological polar surface area (TPSA) is 47.0 Å². The molecule has 17 heavy (non-hydrogen) atoms. The van der Waals surface area contributed by atoms with Crippen LogP contribution in [0.2, 0.25) is 10.3 Å². The van der Waals surface area contributed by atoms with Crippen molar-refractivity contribution in [3.63, 3.8) is 0 Å². The van der Waals surface area contributed by atoms with E-state index in [9.17, 15) is 0 Å². The molecule has 1 aromatic heterocycles. The Morgan fingerprint density at radius 2 is 2.29 bits per heavy atom. The van der Waals surface area contributed by atoms with Gasteiger partial charge in [0, 0.05) is 25.1 Å². The fourth-order valence-corrected chi connectivity index (χ4v) is 2.40. The molecule has 0 bridgehead atoms. The molecule has 1 aliphatic rings. The number of halogens is 2. The van der Waals surface area contributed by atoms with E-state index in [0.717, 1.165) is 31.7 Å². The van der Waals surface area contributed by atoms with Gasteiger partial charge in [0.15, 0.2) is 10.3 Å². The second kappa shape index (κ2) is 5.85. The van der Waals surface area contributed by atoms with Crippen LogP contribution in [-0.2, 0) is 4.74 Å². The first kappa shape index (κ1) is 12.9. The Kier molecular flexibility index (Phi) is 4.42. The number of nitrogens with one attached hydrogen (secondary N) is 1. The van der Waals surface area contributed by atoms with E-state index in [2.05, 4.69) is 22.4 Å². The van der Waals surface area contributed by atoms with Crippen molar-refractivity contribution in [2.45, 2.75) is 25.9 Å². The second-order valence-electron chi connectivity index (χ2n) is 4.12. The zero-order valence-corrected chi connectivity index (χ0v) is 11.1. The molecule has 2 unspecified atom stereocenters. The van der Waals surface area contributed by atoms with Crippen molar-refractivity contribution in [1.29, 1.82) is 0 Å². The van der Waals surface area contributed by atoms with Crippen LogP contribution in [0.5, 0.6) is 0 Å². The van der Waals surface area contributed by atoms with E-state index in [1.165, 1.54) is 0 Å². The third kappa shape index (κ3) is 3.21. The molecule has 1 N–H and O–H groups in total. The Morgan fingerprint density at radius 3 is 3.06 bits per heavy atom. The van der Waals surface area contributed by atoms with Gasteiger partial charge in [-0.2, -0.15) is 0 Å². The summed E-state index contributed by atoms with van der Waals surface area (Å²) < 4.78 is 5.63. The van der Waals surface area contributed by atoms with Gasteiger partial charge in [0.05, 0.1) is 11.8 Å². The average Bonchev–Trinajstić information content (AvgIpc) is 2.77. The summed E-state index contributed by atoms with van der Waals surface area (Å²) in [7, 11) is 0. The molecule has 4 nitrogen and oxygen atoms in total. The van der Waals surface area contributed by atoms with Crippen molar-refractivity contribution in [3.05, 3.63) is 16.4 Å². The van der Waals surface area contributed by atoms with E-state index >= 15 is 0 Å². The van der Waals surface area contributed by atoms with Crippen LogP contribution in [0.4, 0.5) is 5.69 Å². The standard InChI is InChI=1S/C11H15Cl2N3O/c1-2-9-7(3-4-17-9)6-14-8-5-10(12)15-16-11(8)13/h5,7,9H,2-4,6H2,1H3,(H,14,15). The predicted molar refractivity (Wildman–Crippen MR) is 68.7 cm³/mol. The van der Waals surface area contributed by atoms with Crippen LogP contribution in [0.15, 0.2) is 6.07 Å². The number of hydrogen-bond donors (Lipinski definition) is 1. The summed E-state index contributed by atoms with van der Waals surface area (Å²) >= 11 is 11.7. The molecule has 1 fully saturated rings. The van der Waals surface area contributed by atoms with Gasteiger partial charge in [0.1, 0.15) is 0 Å². The van der Waals surface area contributed by atoms with Gasteiger partial charge >= 0.3 is 0 Å². The third-order valence-electron chi connectivity index (χ3n) is 3.02. The van der Waals surface area contributed by atoms with E-state index in [1.54, 1.807) is 6.07 Å². The van der Waals surface area contributed by atoms with Crippen LogP contribution in [0.25, 0.3) is 0 Å². The maximum absolute atomic E-state index is 5.93. The van der Waals surface area contributed by atoms with Gasteiger partial charge in [-0.25, -0.2) is 0 Å². The maximum atomic E-state index is 5.93. The highest BCUT2D eigenvalue weighted by molar-refractivity contribution is 6.33. The summed E-state index contributed by atoms with van der Waals surface area (Å²) in [6.07, 6.45) is 2.46. The van der Waals surface area contributed by atoms with Crippen LogP contribution in [0, 0.1) is 5.92 Å². The average molecular weight is 276 g/mol. The number of rotatable bonds is 4. The highest BCUT2D eigenvalue weighted by atomic mass is 35.5. The zero-order chi connectivity index (χ0) is 12.3. The normalized spacial score (nSPS) is 23.9. The molecule has 1 aromatic rings. The molecule has 0 saturated carbocycles. The van der Waals surface area contributed by atoms with Crippen molar-refractivity contribution in [2.75, 3.05) is 18.5 Å². The summed E-state index contributed by atoms with van der Waals surface area (Å²) in [6, 6.07) is 1.69. The van der Waals surface area contributed by atoms with Crippen LogP contribution < -0.4 is 5.32 Å². The van der Waals surface area contributed by atoms with Crippen LogP contribution in [-0.4, -0.2) is 29.5 Å². The van der Waals surface area contributed by atoms with Gasteiger partial charge in [-0.05, 0) is 12.8 Å². The molecular formula is C11H15Cl2N3O. The highest BCUT2D eigenvalue weighted by Crippen LogP contribution is 2.26. The first-order valence-corrected chi connectivity index (χ1v) is 6.50. The Balaban J connectivity index is 1.95. The first-order valence-electron chi connectivity index (χ1n) is 5.75. The fraction of sp³-hybridized carbons (Fsp3) is 0.636. The van der Waals surface area contributed by atoms with Gasteiger partial charge in [0.2, 0.25) is 0 Å². The third-order valence-corrected chi connectivity index (χ3v) is 3.49. The summed E-state index contributed by atoms with van der Waals surface area (Å²) in [5, 5.41) is 11.4. The van der Waals surface area contributed by atoms with Gasteiger partial charge in [0.25, 0.3) is 0 Å². The molecule has 94 valence electrons. The first-order chi connectivity index (χ1) is 8.20. The lowest BCUT2D eigenvalue weighted by Gasteiger charge is -2.18. The Bertz CT molecular complexity index is 389. The van der Waals surface area contributed by atoms with Gasteiger partial charge in [-0.1, -0.05) is 30.1 Å². The van der Waals surface area contributed by atoms with Crippen LogP contribution >= 0.6 is 23.2 Å². The molecule has 6 heteroatoms. The minimum atomic E-state index is 0.339. The number of ether oxygens (including phenoxy) is 1. The van der Waals surface area contributed by atoms with Crippen molar-refractivity contribution in [1.82, 2.24) is 10.2 Å². The lowest BCUT2D eigenvalue weighted by molar-refractivity contribution is 0.0900. The zero-order valence-electron chi connectivity index (χ0n) is 9.62. The molecule has 0 radical (unpaired) electrons. The SMILES string of the molecule is CCC1OCCC1CNc1cc(Cl)nnc1Cl. The van der Waals surface area contributed by atoms with Crippen molar-refractivity contribution < 1.29 is 4.74 Å². The minimum Gasteiger partial charge on any atom is -0.382 e. The van der Waals surface area contributed by atoms with E-state index < -0.39 is 0 Å². The highest BCUT2D eigenvalue weighted by Gasteiger charge is 2.26. The van der Waals surface area contributed by atoms with Crippen LogP contribution in [0.3, 0.4) is 0 Å². The Labute approximate surface area is 111 Å². The lowest BCUT2D eigenvalue weighted by Crippen LogP contribution is -2.23. The van der Waals surface area contributed by atoms with Gasteiger partial charge < -0.3 is 10.1 Å². The summed E-state index contributed by atoms with van der Waals surface area (Å²) in [4.78, 5) is 0. The van der Waals surface area contributed by atoms with E-state index in [1.807, 2.05) is 0 Å². The summed E-state index contributed by atoms with van der Waals surface area (Å²) in [5.74, 6) is 0.517. The number of nitrogens with zero attached hydrogens (tertiary/aromatic N) is 2. The van der Waals surface area contributed by atoms with E-state index in [0.29, 0.717) is 22.3 Å². The van der Waals surface area contributed by atoms with Gasteiger partial charge in [-0.15, -0.1) is 10.2 Å². The summed E-state index contributed by atoms with van der Waals surface area (Å²) in [5.41, 5.74) is 0.730. The predicted octanol–water partition coefficient (Wildman–Crippen LogP) is 3.01. The Morgan fingerprint density at radius 1 is 1.47 bits per heavy atom. The smallest absolute Gasteiger partial charge is 0.174 e. The van der Waals surface area contributed by atoms with E-state index in [4.69, 9.17) is 27.9 Å². The minimum absolute atomic E-state index is 0.339. The molecule has 1 aliphatic heterocycles. The molecule has 2 rings (SSSR count). The lowest BCUT2D eigenvalue weighted by atomic mass is 10.00. The Hall–Kier alpha value is -0.580.